The van der Waals surface area contributed by atoms with Crippen molar-refractivity contribution in [1.29, 1.82) is 0 Å². The van der Waals surface area contributed by atoms with Crippen molar-refractivity contribution in [2.75, 3.05) is 12.4 Å². The van der Waals surface area contributed by atoms with Gasteiger partial charge in [-0.2, -0.15) is 0 Å². The van der Waals surface area contributed by atoms with Crippen molar-refractivity contribution in [1.82, 2.24) is 0 Å². The van der Waals surface area contributed by atoms with Crippen LogP contribution in [0.15, 0.2) is 0 Å². The zero-order valence-corrected chi connectivity index (χ0v) is 10.7. The molecule has 0 aromatic carbocycles. The van der Waals surface area contributed by atoms with E-state index in [1.54, 1.807) is 0 Å². The Morgan fingerprint density at radius 2 is 2.00 bits per heavy atom. The first kappa shape index (κ1) is 13.3. The van der Waals surface area contributed by atoms with E-state index in [0.717, 1.165) is 6.42 Å². The Morgan fingerprint density at radius 1 is 1.40 bits per heavy atom. The fourth-order valence-electron chi connectivity index (χ4n) is 2.26. The zero-order chi connectivity index (χ0) is 11.3. The standard InChI is InChI=1S/C10H19ClO3S/c1-2-14-10(8-15(11,12)13)7-9-5-3-4-6-9/h9-10H,2-8H2,1H3. The summed E-state index contributed by atoms with van der Waals surface area (Å²) in [5.74, 6) is 0.568. The van der Waals surface area contributed by atoms with E-state index in [9.17, 15) is 8.42 Å². The second kappa shape index (κ2) is 6.06. The molecule has 0 radical (unpaired) electrons. The van der Waals surface area contributed by atoms with Gasteiger partial charge in [-0.15, -0.1) is 0 Å². The monoisotopic (exact) mass is 254 g/mol. The molecule has 0 spiro atoms. The van der Waals surface area contributed by atoms with Crippen LogP contribution in [-0.4, -0.2) is 26.9 Å². The first-order valence-corrected chi connectivity index (χ1v) is 8.03. The van der Waals surface area contributed by atoms with E-state index < -0.39 is 9.05 Å². The largest absolute Gasteiger partial charge is 0.377 e. The first-order valence-electron chi connectivity index (χ1n) is 5.55. The third-order valence-corrected chi connectivity index (χ3v) is 4.01. The molecular formula is C10H19ClO3S. The highest BCUT2D eigenvalue weighted by Crippen LogP contribution is 2.29. The molecule has 0 N–H and O–H groups in total. The molecule has 0 bridgehead atoms. The lowest BCUT2D eigenvalue weighted by atomic mass is 10.0. The van der Waals surface area contributed by atoms with Gasteiger partial charge in [0.25, 0.3) is 0 Å². The highest BCUT2D eigenvalue weighted by molar-refractivity contribution is 8.13. The maximum Gasteiger partial charge on any atom is 0.235 e. The second-order valence-corrected chi connectivity index (χ2v) is 6.99. The lowest BCUT2D eigenvalue weighted by Crippen LogP contribution is -2.24. The number of hydrogen-bond acceptors (Lipinski definition) is 3. The van der Waals surface area contributed by atoms with E-state index in [1.807, 2.05) is 6.92 Å². The molecule has 1 fully saturated rings. The molecule has 3 nitrogen and oxygen atoms in total. The molecular weight excluding hydrogens is 236 g/mol. The van der Waals surface area contributed by atoms with E-state index >= 15 is 0 Å². The fraction of sp³-hybridized carbons (Fsp3) is 1.00. The van der Waals surface area contributed by atoms with Gasteiger partial charge in [0.15, 0.2) is 0 Å². The molecule has 1 unspecified atom stereocenters. The van der Waals surface area contributed by atoms with E-state index in [1.165, 1.54) is 25.7 Å². The van der Waals surface area contributed by atoms with Crippen molar-refractivity contribution in [2.45, 2.75) is 45.1 Å². The van der Waals surface area contributed by atoms with Gasteiger partial charge in [0.1, 0.15) is 0 Å². The molecule has 0 aromatic heterocycles. The van der Waals surface area contributed by atoms with Crippen LogP contribution in [0.5, 0.6) is 0 Å². The van der Waals surface area contributed by atoms with Crippen molar-refractivity contribution >= 4 is 19.7 Å². The summed E-state index contributed by atoms with van der Waals surface area (Å²) in [6.07, 6.45) is 5.53. The summed E-state index contributed by atoms with van der Waals surface area (Å²) in [6.45, 7) is 2.42. The Hall–Kier alpha value is 0.200. The average Bonchev–Trinajstić information content (AvgIpc) is 2.54. The van der Waals surface area contributed by atoms with Crippen LogP contribution >= 0.6 is 10.7 Å². The summed E-state index contributed by atoms with van der Waals surface area (Å²) < 4.78 is 27.4. The van der Waals surface area contributed by atoms with Crippen LogP contribution in [-0.2, 0) is 13.8 Å². The predicted molar refractivity (Wildman–Crippen MR) is 61.6 cm³/mol. The molecule has 1 aliphatic rings. The van der Waals surface area contributed by atoms with Gasteiger partial charge in [-0.1, -0.05) is 25.7 Å². The Balaban J connectivity index is 2.42. The SMILES string of the molecule is CCOC(CC1CCCC1)CS(=O)(=O)Cl. The van der Waals surface area contributed by atoms with Crippen molar-refractivity contribution in [3.8, 4) is 0 Å². The maximum absolute atomic E-state index is 11.0. The van der Waals surface area contributed by atoms with Gasteiger partial charge in [-0.25, -0.2) is 8.42 Å². The Kier molecular flexibility index (Phi) is 5.36. The van der Waals surface area contributed by atoms with Gasteiger partial charge in [-0.05, 0) is 19.3 Å². The topological polar surface area (TPSA) is 43.4 Å². The smallest absolute Gasteiger partial charge is 0.235 e. The molecule has 1 saturated carbocycles. The van der Waals surface area contributed by atoms with Crippen molar-refractivity contribution in [2.24, 2.45) is 5.92 Å². The number of rotatable bonds is 6. The van der Waals surface area contributed by atoms with Gasteiger partial charge in [0.05, 0.1) is 11.9 Å². The van der Waals surface area contributed by atoms with Crippen molar-refractivity contribution < 1.29 is 13.2 Å². The molecule has 0 amide bonds. The average molecular weight is 255 g/mol. The van der Waals surface area contributed by atoms with E-state index in [0.29, 0.717) is 12.5 Å². The quantitative estimate of drug-likeness (QED) is 0.684. The third-order valence-electron chi connectivity index (χ3n) is 2.86. The minimum Gasteiger partial charge on any atom is -0.377 e. The first-order chi connectivity index (χ1) is 7.01. The number of hydrogen-bond donors (Lipinski definition) is 0. The second-order valence-electron chi connectivity index (χ2n) is 4.17. The lowest BCUT2D eigenvalue weighted by Gasteiger charge is -2.19. The van der Waals surface area contributed by atoms with Gasteiger partial charge in [0, 0.05) is 17.3 Å². The summed E-state index contributed by atoms with van der Waals surface area (Å²) in [4.78, 5) is 0. The summed E-state index contributed by atoms with van der Waals surface area (Å²) >= 11 is 0. The predicted octanol–water partition coefficient (Wildman–Crippen LogP) is 2.54. The van der Waals surface area contributed by atoms with Crippen LogP contribution in [0.4, 0.5) is 0 Å². The Morgan fingerprint density at radius 3 is 2.47 bits per heavy atom. The molecule has 1 atom stereocenters. The molecule has 5 heteroatoms. The van der Waals surface area contributed by atoms with Crippen LogP contribution in [0.3, 0.4) is 0 Å². The summed E-state index contributed by atoms with van der Waals surface area (Å²) in [5.41, 5.74) is 0. The van der Waals surface area contributed by atoms with Crippen LogP contribution < -0.4 is 0 Å². The summed E-state index contributed by atoms with van der Waals surface area (Å²) in [7, 11) is 1.80. The van der Waals surface area contributed by atoms with Gasteiger partial charge in [0.2, 0.25) is 9.05 Å². The normalized spacial score (nSPS) is 20.7. The molecule has 15 heavy (non-hydrogen) atoms. The van der Waals surface area contributed by atoms with Crippen LogP contribution in [0, 0.1) is 5.92 Å². The lowest BCUT2D eigenvalue weighted by molar-refractivity contribution is 0.0609. The minimum atomic E-state index is -3.44. The van der Waals surface area contributed by atoms with Gasteiger partial charge >= 0.3 is 0 Å². The molecule has 1 rings (SSSR count). The number of ether oxygens (including phenoxy) is 1. The van der Waals surface area contributed by atoms with Crippen molar-refractivity contribution in [3.63, 3.8) is 0 Å². The Labute approximate surface area is 96.6 Å². The third kappa shape index (κ3) is 5.73. The highest BCUT2D eigenvalue weighted by atomic mass is 35.7. The van der Waals surface area contributed by atoms with Gasteiger partial charge in [-0.3, -0.25) is 0 Å². The summed E-state index contributed by atoms with van der Waals surface area (Å²) in [6, 6.07) is 0. The molecule has 0 aliphatic heterocycles. The van der Waals surface area contributed by atoms with E-state index in [-0.39, 0.29) is 11.9 Å². The molecule has 0 aromatic rings. The molecule has 0 heterocycles. The highest BCUT2D eigenvalue weighted by Gasteiger charge is 2.23. The maximum atomic E-state index is 11.0. The van der Waals surface area contributed by atoms with Crippen LogP contribution in [0.1, 0.15) is 39.0 Å². The summed E-state index contributed by atoms with van der Waals surface area (Å²) in [5, 5.41) is 0. The molecule has 1 aliphatic carbocycles. The van der Waals surface area contributed by atoms with E-state index in [4.69, 9.17) is 15.4 Å². The molecule has 0 saturated heterocycles. The van der Waals surface area contributed by atoms with E-state index in [2.05, 4.69) is 0 Å². The minimum absolute atomic E-state index is 0.0567. The van der Waals surface area contributed by atoms with Gasteiger partial charge < -0.3 is 4.74 Å². The fourth-order valence-corrected chi connectivity index (χ4v) is 3.36. The molecule has 90 valence electrons. The van der Waals surface area contributed by atoms with Crippen molar-refractivity contribution in [3.05, 3.63) is 0 Å². The number of halogens is 1. The van der Waals surface area contributed by atoms with Crippen LogP contribution in [0.25, 0.3) is 0 Å². The van der Waals surface area contributed by atoms with Crippen LogP contribution in [0.2, 0.25) is 0 Å². The zero-order valence-electron chi connectivity index (χ0n) is 9.12. The Bertz CT molecular complexity index is 270.